The highest BCUT2D eigenvalue weighted by atomic mass is 15.1. The van der Waals surface area contributed by atoms with Gasteiger partial charge in [-0.1, -0.05) is 196 Å². The molecule has 0 heterocycles. The van der Waals surface area contributed by atoms with Gasteiger partial charge in [0, 0.05) is 22.1 Å². The molecule has 0 atom stereocenters. The van der Waals surface area contributed by atoms with Crippen LogP contribution in [0.25, 0.3) is 66.4 Å². The van der Waals surface area contributed by atoms with Crippen molar-refractivity contribution < 1.29 is 0 Å². The Hall–Kier alpha value is -6.96. The molecule has 266 valence electrons. The minimum absolute atomic E-state index is 0.186. The summed E-state index contributed by atoms with van der Waals surface area (Å²) >= 11 is 0. The number of benzene rings is 9. The van der Waals surface area contributed by atoms with Gasteiger partial charge in [-0.3, -0.25) is 0 Å². The predicted molar refractivity (Wildman–Crippen MR) is 238 cm³/mol. The lowest BCUT2D eigenvalue weighted by atomic mass is 9.79. The van der Waals surface area contributed by atoms with Crippen LogP contribution in [-0.4, -0.2) is 0 Å². The van der Waals surface area contributed by atoms with Gasteiger partial charge in [0.15, 0.2) is 0 Å². The highest BCUT2D eigenvalue weighted by molar-refractivity contribution is 6.08. The Morgan fingerprint density at radius 3 is 1.41 bits per heavy atom. The lowest BCUT2D eigenvalue weighted by Gasteiger charge is -2.31. The van der Waals surface area contributed by atoms with Crippen LogP contribution >= 0.6 is 0 Å². The number of anilines is 3. The lowest BCUT2D eigenvalue weighted by Crippen LogP contribution is -2.17. The summed E-state index contributed by atoms with van der Waals surface area (Å²) in [5.74, 6) is 0. The first-order chi connectivity index (χ1) is 27.5. The smallest absolute Gasteiger partial charge is 0.0546 e. The standard InChI is InChI=1S/C55H41N/c1-55(2)51-36-44(40-20-10-5-11-21-40)32-35-47(51)50-37-53(48-23-12-13-24-49(48)54(50)55)56(45-33-30-42(31-34-45)39-18-8-4-9-19-39)52-25-15-14-22-46(52)43-28-26-41(27-29-43)38-16-6-3-7-17-38/h3-37H,1-2H3. The van der Waals surface area contributed by atoms with Crippen molar-refractivity contribution in [3.05, 3.63) is 223 Å². The minimum atomic E-state index is -0.186. The maximum atomic E-state index is 2.49. The Kier molecular flexibility index (Phi) is 8.23. The molecule has 0 amide bonds. The molecular weight excluding hydrogens is 675 g/mol. The normalized spacial score (nSPS) is 12.6. The van der Waals surface area contributed by atoms with Crippen molar-refractivity contribution >= 4 is 27.8 Å². The molecule has 9 aromatic carbocycles. The summed E-state index contributed by atoms with van der Waals surface area (Å²) in [7, 11) is 0. The molecule has 0 saturated carbocycles. The van der Waals surface area contributed by atoms with Gasteiger partial charge in [-0.25, -0.2) is 0 Å². The van der Waals surface area contributed by atoms with Gasteiger partial charge >= 0.3 is 0 Å². The third kappa shape index (κ3) is 5.72. The van der Waals surface area contributed by atoms with E-state index in [9.17, 15) is 0 Å². The van der Waals surface area contributed by atoms with Gasteiger partial charge in [-0.05, 0) is 96.9 Å². The first-order valence-corrected chi connectivity index (χ1v) is 19.5. The third-order valence-electron chi connectivity index (χ3n) is 11.7. The molecule has 56 heavy (non-hydrogen) atoms. The van der Waals surface area contributed by atoms with Crippen molar-refractivity contribution in [3.63, 3.8) is 0 Å². The second kappa shape index (κ2) is 13.7. The fraction of sp³-hybridized carbons (Fsp3) is 0.0545. The molecule has 0 aliphatic heterocycles. The van der Waals surface area contributed by atoms with Crippen LogP contribution in [0.3, 0.4) is 0 Å². The van der Waals surface area contributed by atoms with Crippen molar-refractivity contribution in [3.8, 4) is 55.6 Å². The van der Waals surface area contributed by atoms with Gasteiger partial charge in [0.25, 0.3) is 0 Å². The number of hydrogen-bond acceptors (Lipinski definition) is 1. The summed E-state index contributed by atoms with van der Waals surface area (Å²) in [5, 5.41) is 2.52. The Morgan fingerprint density at radius 1 is 0.321 bits per heavy atom. The summed E-state index contributed by atoms with van der Waals surface area (Å²) in [5.41, 5.74) is 18.3. The van der Waals surface area contributed by atoms with Crippen LogP contribution in [0.2, 0.25) is 0 Å². The van der Waals surface area contributed by atoms with E-state index >= 15 is 0 Å². The highest BCUT2D eigenvalue weighted by Crippen LogP contribution is 2.55. The van der Waals surface area contributed by atoms with Crippen molar-refractivity contribution in [1.29, 1.82) is 0 Å². The zero-order valence-corrected chi connectivity index (χ0v) is 31.7. The van der Waals surface area contributed by atoms with Crippen LogP contribution in [-0.2, 0) is 5.41 Å². The molecular formula is C55H41N. The second-order valence-electron chi connectivity index (χ2n) is 15.3. The maximum absolute atomic E-state index is 2.49. The summed E-state index contributed by atoms with van der Waals surface area (Å²) < 4.78 is 0. The van der Waals surface area contributed by atoms with E-state index in [1.807, 2.05) is 0 Å². The summed E-state index contributed by atoms with van der Waals surface area (Å²) in [4.78, 5) is 2.49. The molecule has 9 aromatic rings. The molecule has 0 radical (unpaired) electrons. The highest BCUT2D eigenvalue weighted by Gasteiger charge is 2.38. The van der Waals surface area contributed by atoms with Crippen molar-refractivity contribution in [2.24, 2.45) is 0 Å². The van der Waals surface area contributed by atoms with Gasteiger partial charge in [0.1, 0.15) is 0 Å². The molecule has 1 aliphatic carbocycles. The van der Waals surface area contributed by atoms with E-state index in [1.165, 1.54) is 77.5 Å². The molecule has 1 aliphatic rings. The molecule has 1 heteroatoms. The van der Waals surface area contributed by atoms with Gasteiger partial charge < -0.3 is 4.90 Å². The van der Waals surface area contributed by atoms with Crippen LogP contribution in [0.1, 0.15) is 25.0 Å². The summed E-state index contributed by atoms with van der Waals surface area (Å²) in [6.07, 6.45) is 0. The first-order valence-electron chi connectivity index (χ1n) is 19.5. The van der Waals surface area contributed by atoms with Gasteiger partial charge in [0.05, 0.1) is 11.4 Å². The predicted octanol–water partition coefficient (Wildman–Crippen LogP) is 15.3. The Morgan fingerprint density at radius 2 is 0.786 bits per heavy atom. The van der Waals surface area contributed by atoms with E-state index in [0.29, 0.717) is 0 Å². The van der Waals surface area contributed by atoms with E-state index in [0.717, 1.165) is 17.1 Å². The average molecular weight is 716 g/mol. The topological polar surface area (TPSA) is 3.24 Å². The third-order valence-corrected chi connectivity index (χ3v) is 11.7. The van der Waals surface area contributed by atoms with Gasteiger partial charge in [-0.15, -0.1) is 0 Å². The van der Waals surface area contributed by atoms with Crippen molar-refractivity contribution in [2.75, 3.05) is 4.90 Å². The van der Waals surface area contributed by atoms with Crippen molar-refractivity contribution in [1.82, 2.24) is 0 Å². The largest absolute Gasteiger partial charge is 0.309 e. The lowest BCUT2D eigenvalue weighted by molar-refractivity contribution is 0.666. The molecule has 0 unspecified atom stereocenters. The van der Waals surface area contributed by atoms with E-state index < -0.39 is 0 Å². The van der Waals surface area contributed by atoms with Gasteiger partial charge in [-0.2, -0.15) is 0 Å². The second-order valence-corrected chi connectivity index (χ2v) is 15.3. The molecule has 0 spiro atoms. The number of fused-ring (bicyclic) bond motifs is 5. The van der Waals surface area contributed by atoms with Crippen LogP contribution in [0, 0.1) is 0 Å². The quantitative estimate of drug-likeness (QED) is 0.159. The Labute approximate surface area is 329 Å². The van der Waals surface area contributed by atoms with E-state index in [1.54, 1.807) is 0 Å². The molecule has 10 rings (SSSR count). The van der Waals surface area contributed by atoms with Crippen LogP contribution < -0.4 is 4.90 Å². The molecule has 0 bridgehead atoms. The Balaban J connectivity index is 1.19. The van der Waals surface area contributed by atoms with E-state index in [4.69, 9.17) is 0 Å². The molecule has 0 saturated heterocycles. The number of para-hydroxylation sites is 1. The molecule has 0 fully saturated rings. The van der Waals surface area contributed by atoms with Crippen LogP contribution in [0.5, 0.6) is 0 Å². The van der Waals surface area contributed by atoms with Crippen LogP contribution in [0.15, 0.2) is 212 Å². The van der Waals surface area contributed by atoms with E-state index in [-0.39, 0.29) is 5.41 Å². The number of rotatable bonds is 7. The zero-order valence-electron chi connectivity index (χ0n) is 31.7. The van der Waals surface area contributed by atoms with Crippen LogP contribution in [0.4, 0.5) is 17.1 Å². The first kappa shape index (κ1) is 33.6. The van der Waals surface area contributed by atoms with E-state index in [2.05, 4.69) is 231 Å². The fourth-order valence-corrected chi connectivity index (χ4v) is 8.90. The molecule has 0 aromatic heterocycles. The Bertz CT molecular complexity index is 2840. The zero-order chi connectivity index (χ0) is 37.6. The number of nitrogens with zero attached hydrogens (tertiary/aromatic N) is 1. The minimum Gasteiger partial charge on any atom is -0.309 e. The molecule has 0 N–H and O–H groups in total. The average Bonchev–Trinajstić information content (AvgIpc) is 3.50. The van der Waals surface area contributed by atoms with Gasteiger partial charge in [0.2, 0.25) is 0 Å². The monoisotopic (exact) mass is 715 g/mol. The number of hydrogen-bond donors (Lipinski definition) is 0. The fourth-order valence-electron chi connectivity index (χ4n) is 8.90. The molecule has 1 nitrogen and oxygen atoms in total. The summed E-state index contributed by atoms with van der Waals surface area (Å²) in [6, 6.07) is 77.5. The SMILES string of the molecule is CC1(C)c2cc(-c3ccccc3)ccc2-c2cc(N(c3ccc(-c4ccccc4)cc3)c3ccccc3-c3ccc(-c4ccccc4)cc3)c3ccccc3c21. The summed E-state index contributed by atoms with van der Waals surface area (Å²) in [6.45, 7) is 4.79. The maximum Gasteiger partial charge on any atom is 0.0546 e. The van der Waals surface area contributed by atoms with Crippen molar-refractivity contribution in [2.45, 2.75) is 19.3 Å².